The van der Waals surface area contributed by atoms with Crippen molar-refractivity contribution in [1.29, 1.82) is 0 Å². The third-order valence-electron chi connectivity index (χ3n) is 4.01. The van der Waals surface area contributed by atoms with Gasteiger partial charge < -0.3 is 10.4 Å². The van der Waals surface area contributed by atoms with E-state index in [2.05, 4.69) is 24.3 Å². The molecule has 1 aliphatic heterocycles. The van der Waals surface area contributed by atoms with Gasteiger partial charge in [-0.3, -0.25) is 9.48 Å². The summed E-state index contributed by atoms with van der Waals surface area (Å²) < 4.78 is 1.91. The quantitative estimate of drug-likeness (QED) is 0.876. The van der Waals surface area contributed by atoms with Gasteiger partial charge in [-0.15, -0.1) is 0 Å². The molecule has 118 valence electrons. The molecule has 2 heterocycles. The zero-order chi connectivity index (χ0) is 15.5. The molecule has 1 aromatic heterocycles. The van der Waals surface area contributed by atoms with Crippen LogP contribution in [0.15, 0.2) is 6.20 Å². The molecule has 0 radical (unpaired) electrons. The Balaban J connectivity index is 2.01. The molecule has 0 saturated carbocycles. The van der Waals surface area contributed by atoms with E-state index in [0.29, 0.717) is 24.4 Å². The minimum absolute atomic E-state index is 0.297. The fourth-order valence-electron chi connectivity index (χ4n) is 2.35. The van der Waals surface area contributed by atoms with Gasteiger partial charge in [0.15, 0.2) is 0 Å². The van der Waals surface area contributed by atoms with Gasteiger partial charge in [0.25, 0.3) is 5.91 Å². The fourth-order valence-corrected chi connectivity index (χ4v) is 3.52. The Morgan fingerprint density at radius 1 is 1.52 bits per heavy atom. The van der Waals surface area contributed by atoms with Gasteiger partial charge in [-0.05, 0) is 43.6 Å². The van der Waals surface area contributed by atoms with Gasteiger partial charge in [0.1, 0.15) is 5.60 Å². The maximum absolute atomic E-state index is 12.3. The normalized spacial score (nSPS) is 18.0. The lowest BCUT2D eigenvalue weighted by Gasteiger charge is -2.30. The van der Waals surface area contributed by atoms with Crippen LogP contribution in [0.3, 0.4) is 0 Å². The summed E-state index contributed by atoms with van der Waals surface area (Å²) in [6, 6.07) is 0. The Morgan fingerprint density at radius 3 is 2.81 bits per heavy atom. The molecule has 6 heteroatoms. The van der Waals surface area contributed by atoms with Crippen molar-refractivity contribution in [2.24, 2.45) is 5.92 Å². The van der Waals surface area contributed by atoms with E-state index in [9.17, 15) is 9.90 Å². The van der Waals surface area contributed by atoms with E-state index in [1.165, 1.54) is 0 Å². The zero-order valence-electron chi connectivity index (χ0n) is 13.1. The minimum atomic E-state index is -1.22. The standard InChI is InChI=1S/C15H25N3O2S/c1-11(2)4-7-18-12(3)13(10-16-18)17-14(19)15(20)5-8-21-9-6-15/h10-11,20H,4-9H2,1-3H3,(H,17,19). The van der Waals surface area contributed by atoms with Gasteiger partial charge in [0.2, 0.25) is 0 Å². The first-order valence-electron chi connectivity index (χ1n) is 7.56. The second-order valence-corrected chi connectivity index (χ2v) is 7.37. The highest BCUT2D eigenvalue weighted by atomic mass is 32.2. The Hall–Kier alpha value is -1.01. The molecule has 5 nitrogen and oxygen atoms in total. The average Bonchev–Trinajstić information content (AvgIpc) is 2.78. The predicted molar refractivity (Wildman–Crippen MR) is 86.6 cm³/mol. The van der Waals surface area contributed by atoms with Crippen molar-refractivity contribution in [1.82, 2.24) is 9.78 Å². The molecule has 1 fully saturated rings. The van der Waals surface area contributed by atoms with Crippen LogP contribution in [-0.4, -0.2) is 37.9 Å². The van der Waals surface area contributed by atoms with Crippen LogP contribution in [0, 0.1) is 12.8 Å². The number of aryl methyl sites for hydroxylation is 1. The number of anilines is 1. The van der Waals surface area contributed by atoms with Crippen molar-refractivity contribution in [3.63, 3.8) is 0 Å². The molecule has 1 amide bonds. The number of aromatic nitrogens is 2. The molecular formula is C15H25N3O2S. The van der Waals surface area contributed by atoms with Crippen molar-refractivity contribution < 1.29 is 9.90 Å². The van der Waals surface area contributed by atoms with E-state index < -0.39 is 5.60 Å². The summed E-state index contributed by atoms with van der Waals surface area (Å²) in [5.74, 6) is 1.98. The third-order valence-corrected chi connectivity index (χ3v) is 5.00. The van der Waals surface area contributed by atoms with Crippen LogP contribution in [0.2, 0.25) is 0 Å². The highest BCUT2D eigenvalue weighted by molar-refractivity contribution is 7.99. The van der Waals surface area contributed by atoms with Crippen LogP contribution in [0.1, 0.15) is 38.8 Å². The number of carbonyl (C=O) groups excluding carboxylic acids is 1. The summed E-state index contributed by atoms with van der Waals surface area (Å²) in [7, 11) is 0. The fraction of sp³-hybridized carbons (Fsp3) is 0.733. The molecule has 2 N–H and O–H groups in total. The number of amides is 1. The maximum atomic E-state index is 12.3. The summed E-state index contributed by atoms with van der Waals surface area (Å²) >= 11 is 1.78. The van der Waals surface area contributed by atoms with Crippen molar-refractivity contribution in [2.45, 2.75) is 52.2 Å². The first-order chi connectivity index (χ1) is 9.92. The van der Waals surface area contributed by atoms with E-state index in [4.69, 9.17) is 0 Å². The number of hydrogen-bond donors (Lipinski definition) is 2. The second-order valence-electron chi connectivity index (χ2n) is 6.15. The van der Waals surface area contributed by atoms with Gasteiger partial charge in [0.05, 0.1) is 17.6 Å². The van der Waals surface area contributed by atoms with Crippen LogP contribution in [0.5, 0.6) is 0 Å². The van der Waals surface area contributed by atoms with E-state index >= 15 is 0 Å². The summed E-state index contributed by atoms with van der Waals surface area (Å²) in [5, 5.41) is 17.6. The highest BCUT2D eigenvalue weighted by Crippen LogP contribution is 2.28. The number of thioether (sulfide) groups is 1. The maximum Gasteiger partial charge on any atom is 0.256 e. The summed E-state index contributed by atoms with van der Waals surface area (Å²) in [5.41, 5.74) is 0.422. The Kier molecular flexibility index (Phi) is 5.32. The van der Waals surface area contributed by atoms with Gasteiger partial charge in [0, 0.05) is 6.54 Å². The SMILES string of the molecule is Cc1c(NC(=O)C2(O)CCSCC2)cnn1CCC(C)C. The first-order valence-corrected chi connectivity index (χ1v) is 8.72. The molecule has 1 saturated heterocycles. The number of aliphatic hydroxyl groups is 1. The molecular weight excluding hydrogens is 286 g/mol. The summed E-state index contributed by atoms with van der Waals surface area (Å²) in [4.78, 5) is 12.3. The van der Waals surface area contributed by atoms with Crippen molar-refractivity contribution in [2.75, 3.05) is 16.8 Å². The van der Waals surface area contributed by atoms with Crippen molar-refractivity contribution >= 4 is 23.4 Å². The molecule has 21 heavy (non-hydrogen) atoms. The number of carbonyl (C=O) groups is 1. The molecule has 1 aliphatic rings. The second kappa shape index (κ2) is 6.83. The van der Waals surface area contributed by atoms with E-state index in [-0.39, 0.29) is 5.91 Å². The molecule has 0 aliphatic carbocycles. The molecule has 0 atom stereocenters. The molecule has 2 rings (SSSR count). The van der Waals surface area contributed by atoms with Gasteiger partial charge in [-0.25, -0.2) is 0 Å². The summed E-state index contributed by atoms with van der Waals surface area (Å²) in [6.07, 6.45) is 3.76. The lowest BCUT2D eigenvalue weighted by molar-refractivity contribution is -0.134. The number of hydrogen-bond acceptors (Lipinski definition) is 4. The number of nitrogens with zero attached hydrogens (tertiary/aromatic N) is 2. The predicted octanol–water partition coefficient (Wildman–Crippen LogP) is 2.43. The van der Waals surface area contributed by atoms with Crippen LogP contribution in [-0.2, 0) is 11.3 Å². The van der Waals surface area contributed by atoms with Crippen molar-refractivity contribution in [3.05, 3.63) is 11.9 Å². The highest BCUT2D eigenvalue weighted by Gasteiger charge is 2.37. The van der Waals surface area contributed by atoms with Crippen molar-refractivity contribution in [3.8, 4) is 0 Å². The summed E-state index contributed by atoms with van der Waals surface area (Å²) in [6.45, 7) is 7.15. The zero-order valence-corrected chi connectivity index (χ0v) is 13.9. The molecule has 0 spiro atoms. The van der Waals surface area contributed by atoms with Crippen LogP contribution >= 0.6 is 11.8 Å². The lowest BCUT2D eigenvalue weighted by Crippen LogP contribution is -2.45. The molecule has 0 unspecified atom stereocenters. The number of nitrogens with one attached hydrogen (secondary N) is 1. The molecule has 1 aromatic rings. The lowest BCUT2D eigenvalue weighted by atomic mass is 9.96. The largest absolute Gasteiger partial charge is 0.380 e. The molecule has 0 bridgehead atoms. The topological polar surface area (TPSA) is 67.2 Å². The Bertz CT molecular complexity index is 493. The van der Waals surface area contributed by atoms with E-state index in [1.54, 1.807) is 18.0 Å². The van der Waals surface area contributed by atoms with E-state index in [1.807, 2.05) is 11.6 Å². The Labute approximate surface area is 130 Å². The number of rotatable bonds is 5. The first kappa shape index (κ1) is 16.4. The van der Waals surface area contributed by atoms with Crippen LogP contribution in [0.4, 0.5) is 5.69 Å². The van der Waals surface area contributed by atoms with Crippen LogP contribution in [0.25, 0.3) is 0 Å². The average molecular weight is 311 g/mol. The monoisotopic (exact) mass is 311 g/mol. The third kappa shape index (κ3) is 4.01. The Morgan fingerprint density at radius 2 is 2.19 bits per heavy atom. The van der Waals surface area contributed by atoms with Gasteiger partial charge >= 0.3 is 0 Å². The van der Waals surface area contributed by atoms with Crippen LogP contribution < -0.4 is 5.32 Å². The minimum Gasteiger partial charge on any atom is -0.380 e. The molecule has 0 aromatic carbocycles. The van der Waals surface area contributed by atoms with E-state index in [0.717, 1.165) is 30.2 Å². The smallest absolute Gasteiger partial charge is 0.256 e. The van der Waals surface area contributed by atoms with Gasteiger partial charge in [-0.2, -0.15) is 16.9 Å². The van der Waals surface area contributed by atoms with Gasteiger partial charge in [-0.1, -0.05) is 13.8 Å².